The van der Waals surface area contributed by atoms with E-state index in [9.17, 15) is 4.39 Å². The third kappa shape index (κ3) is 2.82. The lowest BCUT2D eigenvalue weighted by Crippen LogP contribution is -1.96. The van der Waals surface area contributed by atoms with Gasteiger partial charge in [-0.05, 0) is 49.2 Å². The summed E-state index contributed by atoms with van der Waals surface area (Å²) in [4.78, 5) is 3.76. The van der Waals surface area contributed by atoms with Gasteiger partial charge in [-0.3, -0.25) is 0 Å². The molecule has 0 fully saturated rings. The molecule has 0 aliphatic rings. The fourth-order valence-electron chi connectivity index (χ4n) is 1.64. The van der Waals surface area contributed by atoms with E-state index in [2.05, 4.69) is 26.2 Å². The van der Waals surface area contributed by atoms with E-state index in [1.165, 1.54) is 6.07 Å². The van der Waals surface area contributed by atoms with Crippen LogP contribution in [0, 0.1) is 19.8 Å². The maximum absolute atomic E-state index is 12.9. The number of benzene rings is 1. The minimum absolute atomic E-state index is 0.486. The predicted octanol–water partition coefficient (Wildman–Crippen LogP) is 4.34. The Labute approximate surface area is 108 Å². The first-order chi connectivity index (χ1) is 8.06. The maximum Gasteiger partial charge on any atom is 0.214 e. The van der Waals surface area contributed by atoms with Crippen molar-refractivity contribution in [3.8, 4) is 0 Å². The van der Waals surface area contributed by atoms with Gasteiger partial charge in [-0.25, -0.2) is 4.98 Å². The molecule has 88 valence electrons. The summed E-state index contributed by atoms with van der Waals surface area (Å²) in [6.45, 7) is 4.03. The number of aromatic nitrogens is 1. The molecule has 1 aromatic heterocycles. The van der Waals surface area contributed by atoms with Crippen molar-refractivity contribution in [3.05, 3.63) is 51.9 Å². The smallest absolute Gasteiger partial charge is 0.214 e. The van der Waals surface area contributed by atoms with Crippen molar-refractivity contribution < 1.29 is 4.39 Å². The SMILES string of the molecule is Cc1cc(Nc2cccc(F)n2)cc(C)c1Br. The van der Waals surface area contributed by atoms with Crippen LogP contribution in [0.15, 0.2) is 34.8 Å². The number of nitrogens with one attached hydrogen (secondary N) is 1. The van der Waals surface area contributed by atoms with E-state index in [0.717, 1.165) is 21.3 Å². The molecule has 0 atom stereocenters. The first kappa shape index (κ1) is 12.0. The van der Waals surface area contributed by atoms with Crippen LogP contribution in [0.2, 0.25) is 0 Å². The van der Waals surface area contributed by atoms with Gasteiger partial charge in [-0.15, -0.1) is 0 Å². The molecule has 1 aromatic carbocycles. The van der Waals surface area contributed by atoms with E-state index in [4.69, 9.17) is 0 Å². The van der Waals surface area contributed by atoms with Crippen LogP contribution in [0.25, 0.3) is 0 Å². The Bertz CT molecular complexity index is 532. The molecule has 1 N–H and O–H groups in total. The third-order valence-electron chi connectivity index (χ3n) is 2.42. The molecule has 2 aromatic rings. The number of pyridine rings is 1. The number of nitrogens with zero attached hydrogens (tertiary/aromatic N) is 1. The fourth-order valence-corrected chi connectivity index (χ4v) is 1.87. The van der Waals surface area contributed by atoms with Crippen LogP contribution < -0.4 is 5.32 Å². The molecule has 0 aliphatic carbocycles. The monoisotopic (exact) mass is 294 g/mol. The summed E-state index contributed by atoms with van der Waals surface area (Å²) >= 11 is 3.51. The van der Waals surface area contributed by atoms with Crippen LogP contribution in [0.4, 0.5) is 15.9 Å². The lowest BCUT2D eigenvalue weighted by Gasteiger charge is -2.09. The highest BCUT2D eigenvalue weighted by Gasteiger charge is 2.03. The minimum atomic E-state index is -0.486. The topological polar surface area (TPSA) is 24.9 Å². The highest BCUT2D eigenvalue weighted by molar-refractivity contribution is 9.10. The van der Waals surface area contributed by atoms with E-state index < -0.39 is 5.95 Å². The van der Waals surface area contributed by atoms with Crippen molar-refractivity contribution in [2.24, 2.45) is 0 Å². The summed E-state index contributed by atoms with van der Waals surface area (Å²) in [5.41, 5.74) is 3.16. The van der Waals surface area contributed by atoms with E-state index >= 15 is 0 Å². The Hall–Kier alpha value is -1.42. The largest absolute Gasteiger partial charge is 0.340 e. The van der Waals surface area contributed by atoms with E-state index in [1.807, 2.05) is 26.0 Å². The van der Waals surface area contributed by atoms with Gasteiger partial charge >= 0.3 is 0 Å². The number of rotatable bonds is 2. The molecular weight excluding hydrogens is 283 g/mol. The van der Waals surface area contributed by atoms with Crippen LogP contribution in [0.5, 0.6) is 0 Å². The first-order valence-electron chi connectivity index (χ1n) is 5.22. The summed E-state index contributed by atoms with van der Waals surface area (Å²) in [5, 5.41) is 3.08. The van der Waals surface area contributed by atoms with Gasteiger partial charge in [0.15, 0.2) is 0 Å². The van der Waals surface area contributed by atoms with Gasteiger partial charge in [0.25, 0.3) is 0 Å². The van der Waals surface area contributed by atoms with Crippen molar-refractivity contribution in [2.45, 2.75) is 13.8 Å². The Morgan fingerprint density at radius 3 is 2.41 bits per heavy atom. The Morgan fingerprint density at radius 2 is 1.82 bits per heavy atom. The quantitative estimate of drug-likeness (QED) is 0.833. The predicted molar refractivity (Wildman–Crippen MR) is 71.1 cm³/mol. The Kier molecular flexibility index (Phi) is 3.43. The van der Waals surface area contributed by atoms with Gasteiger partial charge in [0.2, 0.25) is 5.95 Å². The van der Waals surface area contributed by atoms with E-state index in [0.29, 0.717) is 5.82 Å². The molecule has 4 heteroatoms. The second-order valence-electron chi connectivity index (χ2n) is 3.89. The lowest BCUT2D eigenvalue weighted by atomic mass is 10.1. The summed E-state index contributed by atoms with van der Waals surface area (Å²) < 4.78 is 14.0. The molecule has 0 aliphatic heterocycles. The maximum atomic E-state index is 12.9. The average Bonchev–Trinajstić information content (AvgIpc) is 2.26. The van der Waals surface area contributed by atoms with Crippen LogP contribution in [-0.2, 0) is 0 Å². The Balaban J connectivity index is 2.31. The van der Waals surface area contributed by atoms with Gasteiger partial charge in [-0.2, -0.15) is 4.39 Å². The highest BCUT2D eigenvalue weighted by atomic mass is 79.9. The first-order valence-corrected chi connectivity index (χ1v) is 6.02. The number of hydrogen-bond acceptors (Lipinski definition) is 2. The summed E-state index contributed by atoms with van der Waals surface area (Å²) in [5.74, 6) is 0.0201. The van der Waals surface area contributed by atoms with Crippen LogP contribution in [0.1, 0.15) is 11.1 Å². The Morgan fingerprint density at radius 1 is 1.18 bits per heavy atom. The minimum Gasteiger partial charge on any atom is -0.340 e. The van der Waals surface area contributed by atoms with Crippen LogP contribution >= 0.6 is 15.9 Å². The van der Waals surface area contributed by atoms with Crippen molar-refractivity contribution in [1.29, 1.82) is 0 Å². The number of halogens is 2. The van der Waals surface area contributed by atoms with Gasteiger partial charge < -0.3 is 5.32 Å². The van der Waals surface area contributed by atoms with Crippen molar-refractivity contribution in [2.75, 3.05) is 5.32 Å². The molecule has 0 saturated carbocycles. The lowest BCUT2D eigenvalue weighted by molar-refractivity contribution is 0.585. The average molecular weight is 295 g/mol. The zero-order chi connectivity index (χ0) is 12.4. The summed E-state index contributed by atoms with van der Waals surface area (Å²) in [7, 11) is 0. The molecule has 2 nitrogen and oxygen atoms in total. The number of aryl methyl sites for hydroxylation is 2. The molecule has 1 heterocycles. The molecule has 0 bridgehead atoms. The molecule has 0 saturated heterocycles. The summed E-state index contributed by atoms with van der Waals surface area (Å²) in [6, 6.07) is 8.66. The van der Waals surface area contributed by atoms with Gasteiger partial charge in [0, 0.05) is 10.2 Å². The highest BCUT2D eigenvalue weighted by Crippen LogP contribution is 2.26. The number of anilines is 2. The van der Waals surface area contributed by atoms with E-state index in [-0.39, 0.29) is 0 Å². The van der Waals surface area contributed by atoms with Crippen molar-refractivity contribution in [3.63, 3.8) is 0 Å². The molecule has 0 amide bonds. The van der Waals surface area contributed by atoms with Gasteiger partial charge in [-0.1, -0.05) is 22.0 Å². The van der Waals surface area contributed by atoms with Crippen LogP contribution in [-0.4, -0.2) is 4.98 Å². The van der Waals surface area contributed by atoms with Gasteiger partial charge in [0.05, 0.1) is 0 Å². The van der Waals surface area contributed by atoms with Crippen LogP contribution in [0.3, 0.4) is 0 Å². The van der Waals surface area contributed by atoms with E-state index in [1.54, 1.807) is 12.1 Å². The third-order valence-corrected chi connectivity index (χ3v) is 3.67. The standard InChI is InChI=1S/C13H12BrFN2/c1-8-6-10(7-9(2)13(8)14)16-12-5-3-4-11(15)17-12/h3-7H,1-2H3,(H,16,17). The molecular formula is C13H12BrFN2. The van der Waals surface area contributed by atoms with Crippen molar-refractivity contribution in [1.82, 2.24) is 4.98 Å². The second-order valence-corrected chi connectivity index (χ2v) is 4.69. The van der Waals surface area contributed by atoms with Gasteiger partial charge in [0.1, 0.15) is 5.82 Å². The molecule has 0 radical (unpaired) electrons. The fraction of sp³-hybridized carbons (Fsp3) is 0.154. The zero-order valence-electron chi connectivity index (χ0n) is 9.59. The molecule has 0 unspecified atom stereocenters. The number of hydrogen-bond donors (Lipinski definition) is 1. The molecule has 0 spiro atoms. The zero-order valence-corrected chi connectivity index (χ0v) is 11.2. The molecule has 2 rings (SSSR count). The normalized spacial score (nSPS) is 10.4. The van der Waals surface area contributed by atoms with Crippen molar-refractivity contribution >= 4 is 27.4 Å². The molecule has 17 heavy (non-hydrogen) atoms. The summed E-state index contributed by atoms with van der Waals surface area (Å²) in [6.07, 6.45) is 0. The second kappa shape index (κ2) is 4.84.